The van der Waals surface area contributed by atoms with Crippen molar-refractivity contribution in [2.75, 3.05) is 25.1 Å². The van der Waals surface area contributed by atoms with Gasteiger partial charge in [-0.3, -0.25) is 4.79 Å². The molecule has 8 heteroatoms. The maximum atomic E-state index is 12.5. The van der Waals surface area contributed by atoms with E-state index in [1.54, 1.807) is 24.5 Å². The molecular weight excluding hydrogens is 374 g/mol. The fraction of sp³-hybridized carbons (Fsp3) is 0.300. The van der Waals surface area contributed by atoms with E-state index in [-0.39, 0.29) is 5.91 Å². The molecular formula is C20H21N5O2S. The summed E-state index contributed by atoms with van der Waals surface area (Å²) < 4.78 is 5.18. The molecule has 2 aromatic heterocycles. The minimum Gasteiger partial charge on any atom is -0.497 e. The lowest BCUT2D eigenvalue weighted by atomic mass is 10.2. The smallest absolute Gasteiger partial charge is 0.270 e. The molecule has 1 N–H and O–H groups in total. The first-order valence-corrected chi connectivity index (χ1v) is 10.0. The summed E-state index contributed by atoms with van der Waals surface area (Å²) in [7, 11) is 1.64. The number of carbonyl (C=O) groups is 1. The van der Waals surface area contributed by atoms with Crippen LogP contribution in [-0.4, -0.2) is 41.1 Å². The Morgan fingerprint density at radius 3 is 2.75 bits per heavy atom. The molecule has 0 spiro atoms. The van der Waals surface area contributed by atoms with Crippen LogP contribution in [-0.2, 0) is 6.54 Å². The number of hydrogen-bond acceptors (Lipinski definition) is 7. The molecule has 1 amide bonds. The topological polar surface area (TPSA) is 80.2 Å². The highest BCUT2D eigenvalue weighted by Gasteiger charge is 2.16. The predicted octanol–water partition coefficient (Wildman–Crippen LogP) is 3.14. The first-order valence-electron chi connectivity index (χ1n) is 9.17. The zero-order valence-electron chi connectivity index (χ0n) is 15.6. The van der Waals surface area contributed by atoms with Crippen LogP contribution in [0.4, 0.5) is 5.82 Å². The fourth-order valence-electron chi connectivity index (χ4n) is 3.11. The molecule has 3 heterocycles. The summed E-state index contributed by atoms with van der Waals surface area (Å²) in [5, 5.41) is 5.75. The third-order valence-corrected chi connectivity index (χ3v) is 5.57. The highest BCUT2D eigenvalue weighted by molar-refractivity contribution is 7.13. The minimum atomic E-state index is -0.221. The molecule has 28 heavy (non-hydrogen) atoms. The van der Waals surface area contributed by atoms with Crippen LogP contribution in [0.25, 0.3) is 10.6 Å². The third kappa shape index (κ3) is 4.12. The van der Waals surface area contributed by atoms with Gasteiger partial charge in [-0.25, -0.2) is 15.0 Å². The van der Waals surface area contributed by atoms with Gasteiger partial charge in [0.05, 0.1) is 19.3 Å². The largest absolute Gasteiger partial charge is 0.497 e. The van der Waals surface area contributed by atoms with Crippen molar-refractivity contribution in [2.45, 2.75) is 19.4 Å². The van der Waals surface area contributed by atoms with Gasteiger partial charge in [0.2, 0.25) is 0 Å². The molecule has 7 nitrogen and oxygen atoms in total. The summed E-state index contributed by atoms with van der Waals surface area (Å²) >= 11 is 1.55. The number of nitrogens with zero attached hydrogens (tertiary/aromatic N) is 4. The number of thiazole rings is 1. The molecule has 144 valence electrons. The monoisotopic (exact) mass is 395 g/mol. The van der Waals surface area contributed by atoms with Crippen LogP contribution in [0.3, 0.4) is 0 Å². The van der Waals surface area contributed by atoms with E-state index in [2.05, 4.69) is 25.2 Å². The van der Waals surface area contributed by atoms with Gasteiger partial charge in [0, 0.05) is 30.1 Å². The van der Waals surface area contributed by atoms with Gasteiger partial charge < -0.3 is 15.0 Å². The van der Waals surface area contributed by atoms with E-state index in [1.807, 2.05) is 29.6 Å². The van der Waals surface area contributed by atoms with Crippen molar-refractivity contribution in [2.24, 2.45) is 0 Å². The summed E-state index contributed by atoms with van der Waals surface area (Å²) in [6.45, 7) is 2.31. The summed E-state index contributed by atoms with van der Waals surface area (Å²) in [5.41, 5.74) is 2.22. The van der Waals surface area contributed by atoms with Crippen LogP contribution in [0.2, 0.25) is 0 Å². The molecule has 0 atom stereocenters. The molecule has 3 aromatic rings. The van der Waals surface area contributed by atoms with Crippen molar-refractivity contribution in [1.29, 1.82) is 0 Å². The highest BCUT2D eigenvalue weighted by Crippen LogP contribution is 2.25. The van der Waals surface area contributed by atoms with Crippen LogP contribution in [0.15, 0.2) is 42.0 Å². The van der Waals surface area contributed by atoms with Crippen LogP contribution in [0.1, 0.15) is 29.0 Å². The summed E-state index contributed by atoms with van der Waals surface area (Å²) in [6, 6.07) is 9.52. The van der Waals surface area contributed by atoms with Crippen LogP contribution in [0, 0.1) is 0 Å². The van der Waals surface area contributed by atoms with Gasteiger partial charge in [-0.15, -0.1) is 11.3 Å². The summed E-state index contributed by atoms with van der Waals surface area (Å²) in [6.07, 6.45) is 3.77. The van der Waals surface area contributed by atoms with Gasteiger partial charge in [0.1, 0.15) is 28.6 Å². The molecule has 0 bridgehead atoms. The fourth-order valence-corrected chi connectivity index (χ4v) is 3.93. The molecule has 1 aliphatic rings. The molecule has 1 aromatic carbocycles. The van der Waals surface area contributed by atoms with E-state index in [0.29, 0.717) is 12.2 Å². The molecule has 1 aliphatic heterocycles. The Morgan fingerprint density at radius 1 is 1.21 bits per heavy atom. The maximum absolute atomic E-state index is 12.5. The number of hydrogen-bond donors (Lipinski definition) is 1. The van der Waals surface area contributed by atoms with Crippen molar-refractivity contribution in [3.63, 3.8) is 0 Å². The normalized spacial score (nSPS) is 13.5. The number of rotatable bonds is 6. The van der Waals surface area contributed by atoms with Crippen molar-refractivity contribution in [3.05, 3.63) is 53.4 Å². The van der Waals surface area contributed by atoms with Crippen molar-refractivity contribution in [1.82, 2.24) is 20.3 Å². The molecule has 0 saturated carbocycles. The second-order valence-corrected chi connectivity index (χ2v) is 7.37. The number of ether oxygens (including phenoxy) is 1. The number of anilines is 1. The van der Waals surface area contributed by atoms with Crippen molar-refractivity contribution >= 4 is 23.1 Å². The van der Waals surface area contributed by atoms with Crippen LogP contribution >= 0.6 is 11.3 Å². The van der Waals surface area contributed by atoms with E-state index in [0.717, 1.165) is 53.8 Å². The van der Waals surface area contributed by atoms with Gasteiger partial charge >= 0.3 is 0 Å². The summed E-state index contributed by atoms with van der Waals surface area (Å²) in [5.74, 6) is 1.40. The van der Waals surface area contributed by atoms with Gasteiger partial charge in [0.25, 0.3) is 5.91 Å². The van der Waals surface area contributed by atoms with Crippen molar-refractivity contribution < 1.29 is 9.53 Å². The minimum absolute atomic E-state index is 0.221. The van der Waals surface area contributed by atoms with Gasteiger partial charge in [-0.05, 0) is 37.1 Å². The molecule has 1 fully saturated rings. The zero-order chi connectivity index (χ0) is 19.3. The van der Waals surface area contributed by atoms with Crippen LogP contribution < -0.4 is 15.0 Å². The molecule has 0 aliphatic carbocycles. The second kappa shape index (κ2) is 8.35. The lowest BCUT2D eigenvalue weighted by Gasteiger charge is -2.16. The van der Waals surface area contributed by atoms with Gasteiger partial charge in [0.15, 0.2) is 0 Å². The van der Waals surface area contributed by atoms with Gasteiger partial charge in [-0.2, -0.15) is 0 Å². The van der Waals surface area contributed by atoms with Gasteiger partial charge in [-0.1, -0.05) is 0 Å². The Kier molecular flexibility index (Phi) is 5.48. The SMILES string of the molecule is COc1ccc(-c2nc(CNC(=O)c3cc(N4CCCC4)ncn3)cs2)cc1. The average Bonchev–Trinajstić information content (AvgIpc) is 3.44. The van der Waals surface area contributed by atoms with E-state index >= 15 is 0 Å². The Hall–Kier alpha value is -3.00. The Labute approximate surface area is 167 Å². The lowest BCUT2D eigenvalue weighted by molar-refractivity contribution is 0.0945. The van der Waals surface area contributed by atoms with Crippen LogP contribution in [0.5, 0.6) is 5.75 Å². The molecule has 0 radical (unpaired) electrons. The van der Waals surface area contributed by atoms with E-state index in [9.17, 15) is 4.79 Å². The molecule has 0 unspecified atom stereocenters. The first-order chi connectivity index (χ1) is 13.7. The standard InChI is InChI=1S/C20H21N5O2S/c1-27-16-6-4-14(5-7-16)20-24-15(12-28-20)11-21-19(26)17-10-18(23-13-22-17)25-8-2-3-9-25/h4-7,10,12-13H,2-3,8-9,11H2,1H3,(H,21,26). The third-order valence-electron chi connectivity index (χ3n) is 4.63. The highest BCUT2D eigenvalue weighted by atomic mass is 32.1. The van der Waals surface area contributed by atoms with E-state index in [4.69, 9.17) is 4.74 Å². The first kappa shape index (κ1) is 18.4. The number of benzene rings is 1. The number of nitrogens with one attached hydrogen (secondary N) is 1. The predicted molar refractivity (Wildman–Crippen MR) is 109 cm³/mol. The quantitative estimate of drug-likeness (QED) is 0.691. The lowest BCUT2D eigenvalue weighted by Crippen LogP contribution is -2.25. The number of carbonyl (C=O) groups excluding carboxylic acids is 1. The second-order valence-electron chi connectivity index (χ2n) is 6.51. The maximum Gasteiger partial charge on any atom is 0.270 e. The summed E-state index contributed by atoms with van der Waals surface area (Å²) in [4.78, 5) is 27.7. The molecule has 4 rings (SSSR count). The Morgan fingerprint density at radius 2 is 2.00 bits per heavy atom. The average molecular weight is 395 g/mol. The Bertz CT molecular complexity index is 951. The number of aromatic nitrogens is 3. The van der Waals surface area contributed by atoms with Crippen molar-refractivity contribution in [3.8, 4) is 16.3 Å². The Balaban J connectivity index is 1.38. The van der Waals surface area contributed by atoms with E-state index in [1.165, 1.54) is 6.33 Å². The zero-order valence-corrected chi connectivity index (χ0v) is 16.4. The number of methoxy groups -OCH3 is 1. The molecule has 1 saturated heterocycles. The van der Waals surface area contributed by atoms with E-state index < -0.39 is 0 Å². The number of amides is 1.